The lowest BCUT2D eigenvalue weighted by Crippen LogP contribution is -3.09. The molecule has 0 aromatic heterocycles. The number of hydroxylamine groups is 2. The third kappa shape index (κ3) is 2.22. The van der Waals surface area contributed by atoms with Gasteiger partial charge in [0, 0.05) is 12.1 Å². The summed E-state index contributed by atoms with van der Waals surface area (Å²) in [5.41, 5.74) is 1.98. The predicted octanol–water partition coefficient (Wildman–Crippen LogP) is 0.113. The SMILES string of the molecule is COc1c2c(cc3c1[C@H]([C@H](C)[NH+]([O-])O)N(C)CC3)OCO2. The first-order chi connectivity index (χ1) is 10.0. The first-order valence-electron chi connectivity index (χ1n) is 6.97. The number of quaternary nitrogens is 1. The minimum atomic E-state index is -0.820. The molecule has 7 heteroatoms. The molecule has 2 aliphatic rings. The highest BCUT2D eigenvalue weighted by molar-refractivity contribution is 5.62. The molecule has 0 bridgehead atoms. The third-order valence-corrected chi connectivity index (χ3v) is 4.32. The molecule has 1 unspecified atom stereocenters. The molecule has 0 saturated heterocycles. The molecule has 2 N–H and O–H groups in total. The molecule has 0 saturated carbocycles. The predicted molar refractivity (Wildman–Crippen MR) is 73.8 cm³/mol. The van der Waals surface area contributed by atoms with Gasteiger partial charge in [0.1, 0.15) is 6.04 Å². The van der Waals surface area contributed by atoms with Crippen molar-refractivity contribution in [1.82, 2.24) is 4.90 Å². The van der Waals surface area contributed by atoms with E-state index in [1.165, 1.54) is 0 Å². The van der Waals surface area contributed by atoms with Crippen molar-refractivity contribution in [3.8, 4) is 17.2 Å². The van der Waals surface area contributed by atoms with Crippen LogP contribution in [0.25, 0.3) is 0 Å². The highest BCUT2D eigenvalue weighted by atomic mass is 16.8. The number of likely N-dealkylation sites (N-methyl/N-ethyl adjacent to an activating group) is 1. The Morgan fingerprint density at radius 3 is 2.95 bits per heavy atom. The van der Waals surface area contributed by atoms with Gasteiger partial charge in [-0.15, -0.1) is 0 Å². The molecule has 0 aliphatic carbocycles. The largest absolute Gasteiger partial charge is 0.600 e. The highest BCUT2D eigenvalue weighted by Gasteiger charge is 2.38. The van der Waals surface area contributed by atoms with Gasteiger partial charge in [-0.05, 0) is 32.0 Å². The van der Waals surface area contributed by atoms with E-state index in [2.05, 4.69) is 4.90 Å². The van der Waals surface area contributed by atoms with Crippen molar-refractivity contribution in [3.05, 3.63) is 22.4 Å². The summed E-state index contributed by atoms with van der Waals surface area (Å²) in [5.74, 6) is 1.86. The van der Waals surface area contributed by atoms with Gasteiger partial charge in [-0.3, -0.25) is 4.90 Å². The zero-order valence-corrected chi connectivity index (χ0v) is 12.4. The lowest BCUT2D eigenvalue weighted by Gasteiger charge is -2.39. The Hall–Kier alpha value is -1.54. The highest BCUT2D eigenvalue weighted by Crippen LogP contribution is 2.49. The number of nitrogens with zero attached hydrogens (tertiary/aromatic N) is 1. The van der Waals surface area contributed by atoms with Crippen molar-refractivity contribution >= 4 is 0 Å². The average Bonchev–Trinajstić information content (AvgIpc) is 2.92. The average molecular weight is 296 g/mol. The standard InChI is InChI=1S/C14H20N2O5/c1-8(16(17)18)12-11-9(4-5-15(12)2)6-10-13(14(11)19-3)21-7-20-10/h6,8,12,16-17H,4-5,7H2,1-3H3/t8-,12-/m0/s1. The molecule has 3 atom stereocenters. The first-order valence-corrected chi connectivity index (χ1v) is 6.97. The van der Waals surface area contributed by atoms with E-state index in [1.807, 2.05) is 13.1 Å². The summed E-state index contributed by atoms with van der Waals surface area (Å²) in [4.78, 5) is 2.06. The molecule has 7 nitrogen and oxygen atoms in total. The summed E-state index contributed by atoms with van der Waals surface area (Å²) in [6, 6.07) is 1.17. The number of fused-ring (bicyclic) bond motifs is 2. The van der Waals surface area contributed by atoms with E-state index in [9.17, 15) is 10.4 Å². The topological polar surface area (TPSA) is 78.7 Å². The Labute approximate surface area is 123 Å². The maximum atomic E-state index is 11.5. The van der Waals surface area contributed by atoms with Crippen LogP contribution in [0.3, 0.4) is 0 Å². The molecular formula is C14H20N2O5. The Morgan fingerprint density at radius 1 is 1.52 bits per heavy atom. The van der Waals surface area contributed by atoms with E-state index in [0.29, 0.717) is 17.2 Å². The van der Waals surface area contributed by atoms with Crippen molar-refractivity contribution in [1.29, 1.82) is 0 Å². The summed E-state index contributed by atoms with van der Waals surface area (Å²) >= 11 is 0. The Bertz CT molecular complexity index is 549. The van der Waals surface area contributed by atoms with Crippen LogP contribution < -0.4 is 19.4 Å². The van der Waals surface area contributed by atoms with Gasteiger partial charge in [0.25, 0.3) is 0 Å². The molecule has 0 amide bonds. The number of hydrogen-bond acceptors (Lipinski definition) is 6. The number of rotatable bonds is 3. The molecule has 1 aromatic rings. The van der Waals surface area contributed by atoms with E-state index < -0.39 is 11.3 Å². The van der Waals surface area contributed by atoms with Crippen LogP contribution in [0.15, 0.2) is 6.07 Å². The molecule has 0 spiro atoms. The van der Waals surface area contributed by atoms with Crippen LogP contribution in [0.5, 0.6) is 17.2 Å². The monoisotopic (exact) mass is 296 g/mol. The number of methoxy groups -OCH3 is 1. The molecule has 116 valence electrons. The Kier molecular flexibility index (Phi) is 3.66. The molecule has 0 fully saturated rings. The smallest absolute Gasteiger partial charge is 0.231 e. The van der Waals surface area contributed by atoms with E-state index in [0.717, 1.165) is 24.1 Å². The van der Waals surface area contributed by atoms with Crippen LogP contribution in [0.1, 0.15) is 24.1 Å². The molecule has 2 heterocycles. The van der Waals surface area contributed by atoms with Crippen LogP contribution in [-0.4, -0.2) is 43.6 Å². The summed E-state index contributed by atoms with van der Waals surface area (Å²) < 4.78 is 16.5. The number of nitrogens with one attached hydrogen (secondary N) is 1. The molecule has 2 aliphatic heterocycles. The summed E-state index contributed by atoms with van der Waals surface area (Å²) in [6.07, 6.45) is 0.835. The second-order valence-corrected chi connectivity index (χ2v) is 5.52. The van der Waals surface area contributed by atoms with Gasteiger partial charge in [0.05, 0.1) is 13.2 Å². The fraction of sp³-hybridized carbons (Fsp3) is 0.571. The van der Waals surface area contributed by atoms with Gasteiger partial charge < -0.3 is 19.4 Å². The summed E-state index contributed by atoms with van der Waals surface area (Å²) in [7, 11) is 3.52. The Balaban J connectivity index is 2.16. The third-order valence-electron chi connectivity index (χ3n) is 4.32. The second kappa shape index (κ2) is 5.34. The first kappa shape index (κ1) is 14.4. The molecule has 1 aromatic carbocycles. The maximum absolute atomic E-state index is 11.5. The van der Waals surface area contributed by atoms with E-state index >= 15 is 0 Å². The van der Waals surface area contributed by atoms with Gasteiger partial charge in [-0.1, -0.05) is 0 Å². The fourth-order valence-electron chi connectivity index (χ4n) is 3.23. The lowest BCUT2D eigenvalue weighted by atomic mass is 9.88. The van der Waals surface area contributed by atoms with E-state index in [4.69, 9.17) is 14.2 Å². The summed E-state index contributed by atoms with van der Waals surface area (Å²) in [6.45, 7) is 2.70. The number of ether oxygens (including phenoxy) is 3. The fourth-order valence-corrected chi connectivity index (χ4v) is 3.23. The van der Waals surface area contributed by atoms with Crippen LogP contribution in [0.4, 0.5) is 0 Å². The minimum absolute atomic E-state index is 0.170. The van der Waals surface area contributed by atoms with Gasteiger partial charge in [-0.25, -0.2) is 10.4 Å². The number of hydrogen-bond donors (Lipinski definition) is 2. The van der Waals surface area contributed by atoms with Crippen molar-refractivity contribution < 1.29 is 24.6 Å². The van der Waals surface area contributed by atoms with Gasteiger partial charge in [0.2, 0.25) is 12.5 Å². The van der Waals surface area contributed by atoms with Crippen molar-refractivity contribution in [2.75, 3.05) is 27.5 Å². The van der Waals surface area contributed by atoms with Crippen molar-refractivity contribution in [2.45, 2.75) is 25.4 Å². The van der Waals surface area contributed by atoms with Crippen LogP contribution in [0, 0.1) is 5.21 Å². The van der Waals surface area contributed by atoms with Crippen molar-refractivity contribution in [2.24, 2.45) is 0 Å². The van der Waals surface area contributed by atoms with Gasteiger partial charge >= 0.3 is 0 Å². The summed E-state index contributed by atoms with van der Waals surface area (Å²) in [5, 5.41) is 20.1. The minimum Gasteiger partial charge on any atom is -0.600 e. The van der Waals surface area contributed by atoms with Crippen molar-refractivity contribution in [3.63, 3.8) is 0 Å². The van der Waals surface area contributed by atoms with Gasteiger partial charge in [0.15, 0.2) is 11.5 Å². The lowest BCUT2D eigenvalue weighted by molar-refractivity contribution is -1.07. The van der Waals surface area contributed by atoms with E-state index in [-0.39, 0.29) is 12.8 Å². The normalized spacial score (nSPS) is 23.6. The molecular weight excluding hydrogens is 276 g/mol. The van der Waals surface area contributed by atoms with Crippen LogP contribution in [-0.2, 0) is 6.42 Å². The van der Waals surface area contributed by atoms with Crippen LogP contribution >= 0.6 is 0 Å². The zero-order chi connectivity index (χ0) is 15.1. The van der Waals surface area contributed by atoms with Gasteiger partial charge in [-0.2, -0.15) is 0 Å². The molecule has 0 radical (unpaired) electrons. The molecule has 3 rings (SSSR count). The Morgan fingerprint density at radius 2 is 2.29 bits per heavy atom. The van der Waals surface area contributed by atoms with E-state index in [1.54, 1.807) is 14.0 Å². The van der Waals surface area contributed by atoms with Crippen LogP contribution in [0.2, 0.25) is 0 Å². The zero-order valence-electron chi connectivity index (χ0n) is 12.4. The quantitative estimate of drug-likeness (QED) is 0.771. The number of benzene rings is 1. The second-order valence-electron chi connectivity index (χ2n) is 5.52. The molecule has 21 heavy (non-hydrogen) atoms. The maximum Gasteiger partial charge on any atom is 0.231 e.